The fourth-order valence-corrected chi connectivity index (χ4v) is 3.52. The van der Waals surface area contributed by atoms with Crippen LogP contribution in [0.5, 0.6) is 0 Å². The van der Waals surface area contributed by atoms with Crippen molar-refractivity contribution in [3.8, 4) is 0 Å². The van der Waals surface area contributed by atoms with Gasteiger partial charge in [0, 0.05) is 7.05 Å². The highest BCUT2D eigenvalue weighted by Gasteiger charge is 2.46. The molecule has 0 atom stereocenters. The molecule has 2 aromatic rings. The third-order valence-electron chi connectivity index (χ3n) is 5.06. The number of amides is 1. The molecule has 1 aromatic carbocycles. The number of methoxy groups -OCH3 is 1. The summed E-state index contributed by atoms with van der Waals surface area (Å²) in [5.74, 6) is 0.750. The molecule has 3 rings (SSSR count). The van der Waals surface area contributed by atoms with Gasteiger partial charge in [0.1, 0.15) is 17.1 Å². The number of rotatable bonds is 5. The molecule has 0 saturated heterocycles. The minimum absolute atomic E-state index is 0.0959. The van der Waals surface area contributed by atoms with Crippen molar-refractivity contribution in [2.75, 3.05) is 14.2 Å². The molecule has 0 unspecified atom stereocenters. The fourth-order valence-electron chi connectivity index (χ4n) is 3.52. The van der Waals surface area contributed by atoms with E-state index in [4.69, 9.17) is 9.15 Å². The molecule has 1 aromatic heterocycles. The zero-order valence-electron chi connectivity index (χ0n) is 14.9. The number of carbonyl (C=O) groups is 2. The minimum atomic E-state index is -0.429. The van der Waals surface area contributed by atoms with Crippen LogP contribution in [0.2, 0.25) is 0 Å². The summed E-state index contributed by atoms with van der Waals surface area (Å²) in [6.07, 6.45) is 2.79. The van der Waals surface area contributed by atoms with Gasteiger partial charge in [0.25, 0.3) is 0 Å². The number of hydrogen-bond acceptors (Lipinski definition) is 4. The molecule has 1 saturated carbocycles. The van der Waals surface area contributed by atoms with E-state index >= 15 is 0 Å². The molecule has 0 spiro atoms. The summed E-state index contributed by atoms with van der Waals surface area (Å²) in [5, 5.41) is 0. The highest BCUT2D eigenvalue weighted by atomic mass is 16.5. The van der Waals surface area contributed by atoms with Crippen molar-refractivity contribution in [3.63, 3.8) is 0 Å². The first-order valence-electron chi connectivity index (χ1n) is 8.46. The van der Waals surface area contributed by atoms with Crippen LogP contribution >= 0.6 is 0 Å². The molecule has 5 heteroatoms. The lowest BCUT2D eigenvalue weighted by Gasteiger charge is -2.43. The number of benzene rings is 1. The van der Waals surface area contributed by atoms with E-state index < -0.39 is 11.4 Å². The van der Waals surface area contributed by atoms with Crippen LogP contribution in [0, 0.1) is 6.92 Å². The second kappa shape index (κ2) is 6.75. The summed E-state index contributed by atoms with van der Waals surface area (Å²) in [5.41, 5.74) is 1.05. The Bertz CT molecular complexity index is 774. The third kappa shape index (κ3) is 3.06. The maximum absolute atomic E-state index is 13.1. The van der Waals surface area contributed by atoms with Gasteiger partial charge in [0.05, 0.1) is 19.1 Å². The van der Waals surface area contributed by atoms with Crippen molar-refractivity contribution in [2.24, 2.45) is 0 Å². The van der Waals surface area contributed by atoms with Crippen molar-refractivity contribution in [1.82, 2.24) is 4.90 Å². The predicted molar refractivity (Wildman–Crippen MR) is 93.2 cm³/mol. The third-order valence-corrected chi connectivity index (χ3v) is 5.06. The van der Waals surface area contributed by atoms with Gasteiger partial charge < -0.3 is 14.1 Å². The molecule has 0 bridgehead atoms. The SMILES string of the molecule is COC(=O)c1cc(CN(C)C(=O)C2(c3ccccc3)CCC2)oc1C. The van der Waals surface area contributed by atoms with Gasteiger partial charge in [-0.25, -0.2) is 4.79 Å². The Hall–Kier alpha value is -2.56. The molecule has 1 heterocycles. The molecule has 1 amide bonds. The molecular formula is C20H23NO4. The van der Waals surface area contributed by atoms with Gasteiger partial charge in [0.15, 0.2) is 0 Å². The largest absolute Gasteiger partial charge is 0.465 e. The van der Waals surface area contributed by atoms with Gasteiger partial charge in [-0.05, 0) is 31.4 Å². The molecule has 25 heavy (non-hydrogen) atoms. The predicted octanol–water partition coefficient (Wildman–Crippen LogP) is 3.45. The summed E-state index contributed by atoms with van der Waals surface area (Å²) in [7, 11) is 3.12. The zero-order chi connectivity index (χ0) is 18.0. The van der Waals surface area contributed by atoms with Crippen LogP contribution in [-0.2, 0) is 21.5 Å². The lowest BCUT2D eigenvalue weighted by Crippen LogP contribution is -2.49. The molecule has 0 radical (unpaired) electrons. The standard InChI is InChI=1S/C20H23NO4/c1-14-17(18(22)24-3)12-16(25-14)13-21(2)19(23)20(10-7-11-20)15-8-5-4-6-9-15/h4-6,8-9,12H,7,10-11,13H2,1-3H3. The fraction of sp³-hybridized carbons (Fsp3) is 0.400. The molecule has 1 fully saturated rings. The van der Waals surface area contributed by atoms with E-state index in [1.54, 1.807) is 24.9 Å². The van der Waals surface area contributed by atoms with Gasteiger partial charge in [0.2, 0.25) is 5.91 Å². The summed E-state index contributed by atoms with van der Waals surface area (Å²) in [6.45, 7) is 2.04. The number of furan rings is 1. The topological polar surface area (TPSA) is 59.8 Å². The average Bonchev–Trinajstić information content (AvgIpc) is 2.94. The lowest BCUT2D eigenvalue weighted by molar-refractivity contribution is -0.140. The zero-order valence-corrected chi connectivity index (χ0v) is 14.9. The normalized spacial score (nSPS) is 15.3. The van der Waals surface area contributed by atoms with Gasteiger partial charge in [-0.3, -0.25) is 4.79 Å². The number of likely N-dealkylation sites (N-methyl/N-ethyl adjacent to an activating group) is 1. The first kappa shape index (κ1) is 17.3. The quantitative estimate of drug-likeness (QED) is 0.782. The van der Waals surface area contributed by atoms with Crippen LogP contribution in [-0.4, -0.2) is 30.9 Å². The summed E-state index contributed by atoms with van der Waals surface area (Å²) < 4.78 is 10.4. The Morgan fingerprint density at radius 3 is 2.48 bits per heavy atom. The van der Waals surface area contributed by atoms with Crippen LogP contribution in [0.4, 0.5) is 0 Å². The van der Waals surface area contributed by atoms with Crippen molar-refractivity contribution >= 4 is 11.9 Å². The Balaban J connectivity index is 1.78. The van der Waals surface area contributed by atoms with E-state index in [0.717, 1.165) is 24.8 Å². The van der Waals surface area contributed by atoms with Gasteiger partial charge in [-0.2, -0.15) is 0 Å². The molecule has 5 nitrogen and oxygen atoms in total. The van der Waals surface area contributed by atoms with Crippen LogP contribution in [0.15, 0.2) is 40.8 Å². The Morgan fingerprint density at radius 1 is 1.24 bits per heavy atom. The second-order valence-electron chi connectivity index (χ2n) is 6.64. The van der Waals surface area contributed by atoms with E-state index in [1.807, 2.05) is 30.3 Å². The Morgan fingerprint density at radius 2 is 1.92 bits per heavy atom. The number of nitrogens with zero attached hydrogens (tertiary/aromatic N) is 1. The highest BCUT2D eigenvalue weighted by Crippen LogP contribution is 2.45. The van der Waals surface area contributed by atoms with Gasteiger partial charge in [-0.15, -0.1) is 0 Å². The molecule has 132 valence electrons. The van der Waals surface area contributed by atoms with Gasteiger partial charge >= 0.3 is 5.97 Å². The molecule has 1 aliphatic carbocycles. The van der Waals surface area contributed by atoms with Crippen LogP contribution in [0.25, 0.3) is 0 Å². The van der Waals surface area contributed by atoms with Crippen LogP contribution in [0.1, 0.15) is 46.7 Å². The Kier molecular flexibility index (Phi) is 4.66. The van der Waals surface area contributed by atoms with Crippen LogP contribution in [0.3, 0.4) is 0 Å². The number of hydrogen-bond donors (Lipinski definition) is 0. The van der Waals surface area contributed by atoms with Crippen molar-refractivity contribution < 1.29 is 18.7 Å². The molecule has 1 aliphatic rings. The molecule has 0 aliphatic heterocycles. The second-order valence-corrected chi connectivity index (χ2v) is 6.64. The summed E-state index contributed by atoms with van der Waals surface area (Å²) in [4.78, 5) is 26.5. The van der Waals surface area contributed by atoms with Crippen molar-refractivity contribution in [2.45, 2.75) is 38.1 Å². The Labute approximate surface area is 147 Å². The number of ether oxygens (including phenoxy) is 1. The monoisotopic (exact) mass is 341 g/mol. The number of esters is 1. The first-order chi connectivity index (χ1) is 12.0. The smallest absolute Gasteiger partial charge is 0.341 e. The summed E-state index contributed by atoms with van der Waals surface area (Å²) >= 11 is 0. The number of carbonyl (C=O) groups excluding carboxylic acids is 2. The van der Waals surface area contributed by atoms with Crippen molar-refractivity contribution in [3.05, 3.63) is 59.0 Å². The summed E-state index contributed by atoms with van der Waals surface area (Å²) in [6, 6.07) is 11.6. The highest BCUT2D eigenvalue weighted by molar-refractivity contribution is 5.91. The molecule has 0 N–H and O–H groups in total. The van der Waals surface area contributed by atoms with Crippen molar-refractivity contribution in [1.29, 1.82) is 0 Å². The number of aryl methyl sites for hydroxylation is 1. The van der Waals surface area contributed by atoms with E-state index in [2.05, 4.69) is 0 Å². The van der Waals surface area contributed by atoms with E-state index in [9.17, 15) is 9.59 Å². The van der Waals surface area contributed by atoms with E-state index in [0.29, 0.717) is 23.6 Å². The maximum Gasteiger partial charge on any atom is 0.341 e. The average molecular weight is 341 g/mol. The van der Waals surface area contributed by atoms with Crippen LogP contribution < -0.4 is 0 Å². The van der Waals surface area contributed by atoms with Gasteiger partial charge in [-0.1, -0.05) is 36.8 Å². The first-order valence-corrected chi connectivity index (χ1v) is 8.46. The lowest BCUT2D eigenvalue weighted by atomic mass is 9.63. The maximum atomic E-state index is 13.1. The van der Waals surface area contributed by atoms with E-state index in [-0.39, 0.29) is 5.91 Å². The minimum Gasteiger partial charge on any atom is -0.465 e. The molecular weight excluding hydrogens is 318 g/mol. The van der Waals surface area contributed by atoms with E-state index in [1.165, 1.54) is 7.11 Å².